The van der Waals surface area contributed by atoms with Crippen LogP contribution in [0.25, 0.3) is 0 Å². The lowest BCUT2D eigenvalue weighted by atomic mass is 10.1. The third-order valence-corrected chi connectivity index (χ3v) is 4.89. The summed E-state index contributed by atoms with van der Waals surface area (Å²) >= 11 is 5.72. The van der Waals surface area contributed by atoms with Crippen LogP contribution < -0.4 is 0 Å². The second-order valence-electron chi connectivity index (χ2n) is 4.49. The molecule has 0 saturated heterocycles. The second kappa shape index (κ2) is 5.91. The number of halogens is 4. The van der Waals surface area contributed by atoms with Crippen LogP contribution >= 0.6 is 11.6 Å². The van der Waals surface area contributed by atoms with E-state index in [1.807, 2.05) is 0 Å². The molecule has 1 unspecified atom stereocenters. The first-order valence-electron chi connectivity index (χ1n) is 5.75. The van der Waals surface area contributed by atoms with Crippen molar-refractivity contribution in [2.75, 3.05) is 13.6 Å². The van der Waals surface area contributed by atoms with E-state index >= 15 is 0 Å². The number of alkyl halides is 4. The molecule has 0 radical (unpaired) electrons. The van der Waals surface area contributed by atoms with Crippen molar-refractivity contribution in [3.05, 3.63) is 29.3 Å². The van der Waals surface area contributed by atoms with E-state index in [0.717, 1.165) is 29.4 Å². The van der Waals surface area contributed by atoms with Gasteiger partial charge in [-0.3, -0.25) is 0 Å². The summed E-state index contributed by atoms with van der Waals surface area (Å²) in [5.41, 5.74) is -1.26. The van der Waals surface area contributed by atoms with Crippen molar-refractivity contribution in [1.82, 2.24) is 4.31 Å². The van der Waals surface area contributed by atoms with Crippen LogP contribution in [0.3, 0.4) is 0 Å². The van der Waals surface area contributed by atoms with E-state index in [1.165, 1.54) is 7.05 Å². The summed E-state index contributed by atoms with van der Waals surface area (Å²) in [4.78, 5) is -0.354. The minimum Gasteiger partial charge on any atom is -0.207 e. The fourth-order valence-electron chi connectivity index (χ4n) is 1.82. The molecule has 114 valence electrons. The van der Waals surface area contributed by atoms with E-state index < -0.39 is 27.1 Å². The van der Waals surface area contributed by atoms with Crippen molar-refractivity contribution in [3.8, 4) is 0 Å². The Morgan fingerprint density at radius 3 is 2.35 bits per heavy atom. The van der Waals surface area contributed by atoms with Crippen molar-refractivity contribution in [2.24, 2.45) is 0 Å². The van der Waals surface area contributed by atoms with Gasteiger partial charge in [0.25, 0.3) is 0 Å². The second-order valence-corrected chi connectivity index (χ2v) is 7.25. The molecular formula is C12H15ClF3NO2S. The Balaban J connectivity index is 3.34. The molecule has 3 nitrogen and oxygen atoms in total. The lowest BCUT2D eigenvalue weighted by Crippen LogP contribution is -2.32. The van der Waals surface area contributed by atoms with Crippen molar-refractivity contribution >= 4 is 21.6 Å². The first kappa shape index (κ1) is 17.3. The Kier molecular flexibility index (Phi) is 5.10. The smallest absolute Gasteiger partial charge is 0.207 e. The van der Waals surface area contributed by atoms with E-state index in [4.69, 9.17) is 11.6 Å². The van der Waals surface area contributed by atoms with Crippen LogP contribution in [0.5, 0.6) is 0 Å². The van der Waals surface area contributed by atoms with Crippen molar-refractivity contribution in [1.29, 1.82) is 0 Å². The van der Waals surface area contributed by atoms with Crippen LogP contribution in [0, 0.1) is 6.92 Å². The Morgan fingerprint density at radius 1 is 1.35 bits per heavy atom. The number of sulfonamides is 1. The predicted octanol–water partition coefficient (Wildman–Crippen LogP) is 3.26. The van der Waals surface area contributed by atoms with E-state index in [2.05, 4.69) is 0 Å². The molecule has 0 amide bonds. The topological polar surface area (TPSA) is 37.4 Å². The van der Waals surface area contributed by atoms with Gasteiger partial charge in [-0.25, -0.2) is 8.42 Å². The van der Waals surface area contributed by atoms with Crippen LogP contribution in [0.15, 0.2) is 23.1 Å². The highest BCUT2D eigenvalue weighted by Gasteiger charge is 2.35. The largest absolute Gasteiger partial charge is 0.416 e. The molecule has 1 aromatic carbocycles. The predicted molar refractivity (Wildman–Crippen MR) is 71.3 cm³/mol. The Bertz CT molecular complexity index is 585. The molecule has 8 heteroatoms. The van der Waals surface area contributed by atoms with Crippen LogP contribution in [-0.2, 0) is 16.2 Å². The zero-order chi connectivity index (χ0) is 15.7. The van der Waals surface area contributed by atoms with Gasteiger partial charge in [0.1, 0.15) is 0 Å². The molecule has 0 saturated carbocycles. The van der Waals surface area contributed by atoms with Crippen LogP contribution in [0.2, 0.25) is 0 Å². The number of rotatable bonds is 4. The van der Waals surface area contributed by atoms with Gasteiger partial charge < -0.3 is 0 Å². The summed E-state index contributed by atoms with van der Waals surface area (Å²) < 4.78 is 63.9. The normalized spacial score (nSPS) is 14.6. The lowest BCUT2D eigenvalue weighted by Gasteiger charge is -2.21. The standard InChI is InChI=1S/C12H15ClF3NO2S/c1-8(13)7-17(3)20(18,19)11-6-4-5-10(9(11)2)12(14,15)16/h4-6,8H,7H2,1-3H3. The number of nitrogens with zero attached hydrogens (tertiary/aromatic N) is 1. The summed E-state index contributed by atoms with van der Waals surface area (Å²) in [6, 6.07) is 3.11. The van der Waals surface area contributed by atoms with Crippen molar-refractivity contribution < 1.29 is 21.6 Å². The summed E-state index contributed by atoms with van der Waals surface area (Å²) in [7, 11) is -2.71. The van der Waals surface area contributed by atoms with E-state index in [0.29, 0.717) is 0 Å². The number of hydrogen-bond acceptors (Lipinski definition) is 2. The highest BCUT2D eigenvalue weighted by Crippen LogP contribution is 2.34. The van der Waals surface area contributed by atoms with E-state index in [-0.39, 0.29) is 17.0 Å². The quantitative estimate of drug-likeness (QED) is 0.795. The highest BCUT2D eigenvalue weighted by molar-refractivity contribution is 7.89. The third kappa shape index (κ3) is 3.65. The van der Waals surface area contributed by atoms with Gasteiger partial charge in [0.2, 0.25) is 10.0 Å². The molecule has 1 rings (SSSR count). The fraction of sp³-hybridized carbons (Fsp3) is 0.500. The van der Waals surface area contributed by atoms with Gasteiger partial charge in [-0.2, -0.15) is 17.5 Å². The monoisotopic (exact) mass is 329 g/mol. The molecule has 0 aliphatic rings. The Hall–Kier alpha value is -0.790. The van der Waals surface area contributed by atoms with Gasteiger partial charge in [0, 0.05) is 19.0 Å². The molecule has 20 heavy (non-hydrogen) atoms. The van der Waals surface area contributed by atoms with Gasteiger partial charge in [-0.15, -0.1) is 11.6 Å². The minimum atomic E-state index is -4.59. The number of hydrogen-bond donors (Lipinski definition) is 0. The van der Waals surface area contributed by atoms with Gasteiger partial charge in [0.15, 0.2) is 0 Å². The average Bonchev–Trinajstić information content (AvgIpc) is 2.26. The van der Waals surface area contributed by atoms with Gasteiger partial charge in [-0.05, 0) is 31.5 Å². The maximum atomic E-state index is 12.8. The molecule has 0 heterocycles. The molecule has 0 fully saturated rings. The van der Waals surface area contributed by atoms with Crippen molar-refractivity contribution in [3.63, 3.8) is 0 Å². The van der Waals surface area contributed by atoms with Crippen LogP contribution in [0.4, 0.5) is 13.2 Å². The van der Waals surface area contributed by atoms with Crippen LogP contribution in [-0.4, -0.2) is 31.7 Å². The summed E-state index contributed by atoms with van der Waals surface area (Å²) in [5, 5.41) is -0.444. The summed E-state index contributed by atoms with van der Waals surface area (Å²) in [6.45, 7) is 2.76. The van der Waals surface area contributed by atoms with Crippen LogP contribution in [0.1, 0.15) is 18.1 Å². The third-order valence-electron chi connectivity index (χ3n) is 2.79. The maximum absolute atomic E-state index is 12.8. The molecule has 1 atom stereocenters. The SMILES string of the molecule is Cc1c(C(F)(F)F)cccc1S(=O)(=O)N(C)CC(C)Cl. The van der Waals surface area contributed by atoms with Gasteiger partial charge in [-0.1, -0.05) is 6.07 Å². The lowest BCUT2D eigenvalue weighted by molar-refractivity contribution is -0.138. The van der Waals surface area contributed by atoms with Gasteiger partial charge >= 0.3 is 6.18 Å². The Morgan fingerprint density at radius 2 is 1.90 bits per heavy atom. The van der Waals surface area contributed by atoms with E-state index in [9.17, 15) is 21.6 Å². The number of benzene rings is 1. The molecular weight excluding hydrogens is 315 g/mol. The first-order valence-corrected chi connectivity index (χ1v) is 7.62. The van der Waals surface area contributed by atoms with E-state index in [1.54, 1.807) is 6.92 Å². The summed E-state index contributed by atoms with van der Waals surface area (Å²) in [6.07, 6.45) is -4.59. The minimum absolute atomic E-state index is 0.0135. The average molecular weight is 330 g/mol. The molecule has 0 bridgehead atoms. The first-order chi connectivity index (χ1) is 8.98. The molecule has 0 aliphatic carbocycles. The molecule has 0 aliphatic heterocycles. The van der Waals surface area contributed by atoms with Gasteiger partial charge in [0.05, 0.1) is 10.5 Å². The zero-order valence-corrected chi connectivity index (χ0v) is 12.8. The Labute approximate surface area is 121 Å². The molecule has 0 N–H and O–H groups in total. The van der Waals surface area contributed by atoms with Crippen molar-refractivity contribution in [2.45, 2.75) is 30.3 Å². The zero-order valence-electron chi connectivity index (χ0n) is 11.2. The molecule has 0 spiro atoms. The molecule has 0 aromatic heterocycles. The molecule has 1 aromatic rings. The maximum Gasteiger partial charge on any atom is 0.416 e. The fourth-order valence-corrected chi connectivity index (χ4v) is 3.61. The summed E-state index contributed by atoms with van der Waals surface area (Å²) in [5.74, 6) is 0. The highest BCUT2D eigenvalue weighted by atomic mass is 35.5.